The van der Waals surface area contributed by atoms with Crippen molar-refractivity contribution in [3.05, 3.63) is 52.1 Å². The number of nitrogens with one attached hydrogen (secondary N) is 1. The quantitative estimate of drug-likeness (QED) is 0.922. The lowest BCUT2D eigenvalue weighted by Gasteiger charge is -2.05. The molecule has 1 heterocycles. The van der Waals surface area contributed by atoms with Gasteiger partial charge in [-0.1, -0.05) is 29.3 Å². The Labute approximate surface area is 112 Å². The summed E-state index contributed by atoms with van der Waals surface area (Å²) in [5, 5.41) is 2.37. The molecule has 1 aromatic carbocycles. The van der Waals surface area contributed by atoms with Gasteiger partial charge in [-0.2, -0.15) is 0 Å². The molecule has 0 aliphatic rings. The number of hydrogen-bond acceptors (Lipinski definition) is 3. The molecule has 2 rings (SSSR count). The summed E-state index contributed by atoms with van der Waals surface area (Å²) in [5.74, 6) is -1.33. The average molecular weight is 286 g/mol. The van der Waals surface area contributed by atoms with Crippen molar-refractivity contribution in [1.29, 1.82) is 0 Å². The number of halogens is 3. The van der Waals surface area contributed by atoms with Crippen molar-refractivity contribution in [2.75, 3.05) is 5.32 Å². The minimum Gasteiger partial charge on any atom is -0.305 e. The molecule has 0 aliphatic carbocycles. The smallest absolute Gasteiger partial charge is 0.259 e. The summed E-state index contributed by atoms with van der Waals surface area (Å²) in [7, 11) is 0. The highest BCUT2D eigenvalue weighted by Gasteiger charge is 2.14. The summed E-state index contributed by atoms with van der Waals surface area (Å²) in [6.45, 7) is 0. The highest BCUT2D eigenvalue weighted by Crippen LogP contribution is 2.18. The molecule has 18 heavy (non-hydrogen) atoms. The normalized spacial score (nSPS) is 10.2. The van der Waals surface area contributed by atoms with Crippen LogP contribution in [0.4, 0.5) is 10.2 Å². The van der Waals surface area contributed by atoms with Gasteiger partial charge in [-0.25, -0.2) is 9.37 Å². The van der Waals surface area contributed by atoms with Crippen molar-refractivity contribution in [3.8, 4) is 0 Å². The van der Waals surface area contributed by atoms with Crippen LogP contribution in [0, 0.1) is 5.82 Å². The maximum absolute atomic E-state index is 13.6. The van der Waals surface area contributed by atoms with Crippen LogP contribution in [0.3, 0.4) is 0 Å². The number of benzene rings is 1. The zero-order chi connectivity index (χ0) is 13.1. The van der Waals surface area contributed by atoms with Crippen LogP contribution in [0.25, 0.3) is 0 Å². The maximum Gasteiger partial charge on any atom is 0.259 e. The van der Waals surface area contributed by atoms with Crippen molar-refractivity contribution in [1.82, 2.24) is 9.97 Å². The Kier molecular flexibility index (Phi) is 3.74. The van der Waals surface area contributed by atoms with E-state index in [1.165, 1.54) is 30.6 Å². The Morgan fingerprint density at radius 2 is 2.06 bits per heavy atom. The third kappa shape index (κ3) is 2.75. The van der Waals surface area contributed by atoms with Crippen molar-refractivity contribution in [2.24, 2.45) is 0 Å². The first-order chi connectivity index (χ1) is 8.58. The molecule has 1 N–H and O–H groups in total. The Hall–Kier alpha value is -1.72. The molecule has 7 heteroatoms. The lowest BCUT2D eigenvalue weighted by Crippen LogP contribution is -2.15. The van der Waals surface area contributed by atoms with Gasteiger partial charge in [0.2, 0.25) is 0 Å². The van der Waals surface area contributed by atoms with Crippen LogP contribution >= 0.6 is 23.2 Å². The lowest BCUT2D eigenvalue weighted by molar-refractivity contribution is 0.102. The molecular formula is C11H6Cl2FN3O. The van der Waals surface area contributed by atoms with E-state index in [0.29, 0.717) is 0 Å². The zero-order valence-electron chi connectivity index (χ0n) is 8.82. The third-order valence-corrected chi connectivity index (χ3v) is 2.52. The SMILES string of the molecule is O=C(Nc1cncc(Cl)n1)c1cccc(Cl)c1F. The van der Waals surface area contributed by atoms with Gasteiger partial charge in [-0.05, 0) is 12.1 Å². The van der Waals surface area contributed by atoms with Gasteiger partial charge in [0.1, 0.15) is 5.15 Å². The predicted octanol–water partition coefficient (Wildman–Crippen LogP) is 3.17. The van der Waals surface area contributed by atoms with E-state index in [2.05, 4.69) is 15.3 Å². The Morgan fingerprint density at radius 3 is 2.78 bits per heavy atom. The Bertz CT molecular complexity index is 607. The Balaban J connectivity index is 2.25. The highest BCUT2D eigenvalue weighted by atomic mass is 35.5. The molecule has 0 bridgehead atoms. The monoisotopic (exact) mass is 285 g/mol. The molecule has 0 aliphatic heterocycles. The molecule has 2 aromatic rings. The highest BCUT2D eigenvalue weighted by molar-refractivity contribution is 6.31. The standard InChI is InChI=1S/C11H6Cl2FN3O/c12-7-3-1-2-6(10(7)14)11(18)17-9-5-15-4-8(13)16-9/h1-5H,(H,16,17,18). The maximum atomic E-state index is 13.6. The van der Waals surface area contributed by atoms with E-state index in [9.17, 15) is 9.18 Å². The fourth-order valence-corrected chi connectivity index (χ4v) is 1.59. The second-order valence-electron chi connectivity index (χ2n) is 3.28. The summed E-state index contributed by atoms with van der Waals surface area (Å²) in [5.41, 5.74) is -0.177. The van der Waals surface area contributed by atoms with Gasteiger partial charge in [-0.3, -0.25) is 9.78 Å². The van der Waals surface area contributed by atoms with E-state index in [-0.39, 0.29) is 21.6 Å². The van der Waals surface area contributed by atoms with E-state index < -0.39 is 11.7 Å². The number of carbonyl (C=O) groups excluding carboxylic acids is 1. The van der Waals surface area contributed by atoms with E-state index in [0.717, 1.165) is 0 Å². The number of amides is 1. The van der Waals surface area contributed by atoms with Crippen LogP contribution < -0.4 is 5.32 Å². The summed E-state index contributed by atoms with van der Waals surface area (Å²) in [6, 6.07) is 4.14. The van der Waals surface area contributed by atoms with Gasteiger partial charge in [0.05, 0.1) is 23.0 Å². The average Bonchev–Trinajstić information content (AvgIpc) is 2.32. The molecule has 4 nitrogen and oxygen atoms in total. The van der Waals surface area contributed by atoms with Crippen LogP contribution in [0.2, 0.25) is 10.2 Å². The van der Waals surface area contributed by atoms with Crippen LogP contribution in [0.15, 0.2) is 30.6 Å². The topological polar surface area (TPSA) is 54.9 Å². The fourth-order valence-electron chi connectivity index (χ4n) is 1.27. The first-order valence-corrected chi connectivity index (χ1v) is 5.56. The largest absolute Gasteiger partial charge is 0.305 e. The molecule has 0 saturated heterocycles. The van der Waals surface area contributed by atoms with Gasteiger partial charge in [0.25, 0.3) is 5.91 Å². The minimum atomic E-state index is -0.786. The van der Waals surface area contributed by atoms with Crippen LogP contribution in [-0.2, 0) is 0 Å². The summed E-state index contributed by atoms with van der Waals surface area (Å²) in [6.07, 6.45) is 2.61. The fraction of sp³-hybridized carbons (Fsp3) is 0. The summed E-state index contributed by atoms with van der Waals surface area (Å²) < 4.78 is 13.6. The number of anilines is 1. The van der Waals surface area contributed by atoms with Gasteiger partial charge >= 0.3 is 0 Å². The number of rotatable bonds is 2. The first-order valence-electron chi connectivity index (χ1n) is 4.81. The molecular weight excluding hydrogens is 280 g/mol. The van der Waals surface area contributed by atoms with Gasteiger partial charge in [0, 0.05) is 0 Å². The number of hydrogen-bond donors (Lipinski definition) is 1. The third-order valence-electron chi connectivity index (χ3n) is 2.04. The second kappa shape index (κ2) is 5.29. The van der Waals surface area contributed by atoms with Crippen LogP contribution in [0.1, 0.15) is 10.4 Å². The summed E-state index contributed by atoms with van der Waals surface area (Å²) in [4.78, 5) is 19.3. The molecule has 0 radical (unpaired) electrons. The van der Waals surface area contributed by atoms with Crippen molar-refractivity contribution >= 4 is 34.9 Å². The number of nitrogens with zero attached hydrogens (tertiary/aromatic N) is 2. The molecule has 0 unspecified atom stereocenters. The molecule has 1 aromatic heterocycles. The van der Waals surface area contributed by atoms with E-state index in [1.54, 1.807) is 0 Å². The van der Waals surface area contributed by atoms with Crippen molar-refractivity contribution < 1.29 is 9.18 Å². The first kappa shape index (κ1) is 12.7. The molecule has 0 fully saturated rings. The molecule has 0 atom stereocenters. The Morgan fingerprint density at radius 1 is 1.28 bits per heavy atom. The van der Waals surface area contributed by atoms with Crippen LogP contribution in [-0.4, -0.2) is 15.9 Å². The molecule has 92 valence electrons. The van der Waals surface area contributed by atoms with Gasteiger partial charge in [0.15, 0.2) is 11.6 Å². The molecule has 0 saturated carbocycles. The second-order valence-corrected chi connectivity index (χ2v) is 4.08. The molecule has 1 amide bonds. The van der Waals surface area contributed by atoms with E-state index in [1.807, 2.05) is 0 Å². The van der Waals surface area contributed by atoms with E-state index in [4.69, 9.17) is 23.2 Å². The minimum absolute atomic E-state index is 0.124. The lowest BCUT2D eigenvalue weighted by atomic mass is 10.2. The zero-order valence-corrected chi connectivity index (χ0v) is 10.3. The van der Waals surface area contributed by atoms with E-state index >= 15 is 0 Å². The predicted molar refractivity (Wildman–Crippen MR) is 66.4 cm³/mol. The van der Waals surface area contributed by atoms with Gasteiger partial charge in [-0.15, -0.1) is 0 Å². The number of aromatic nitrogens is 2. The molecule has 0 spiro atoms. The summed E-state index contributed by atoms with van der Waals surface area (Å²) >= 11 is 11.2. The van der Waals surface area contributed by atoms with Crippen molar-refractivity contribution in [3.63, 3.8) is 0 Å². The van der Waals surface area contributed by atoms with Crippen molar-refractivity contribution in [2.45, 2.75) is 0 Å². The number of carbonyl (C=O) groups is 1. The van der Waals surface area contributed by atoms with Gasteiger partial charge < -0.3 is 5.32 Å². The van der Waals surface area contributed by atoms with Crippen LogP contribution in [0.5, 0.6) is 0 Å².